The number of halogens is 4. The number of alkyl halides is 2. The molecule has 1 aliphatic rings. The van der Waals surface area contributed by atoms with E-state index in [9.17, 15) is 18.4 Å². The number of nitrogens with zero attached hydrogens (tertiary/aromatic N) is 1. The van der Waals surface area contributed by atoms with Gasteiger partial charge in [0.2, 0.25) is 0 Å². The number of nitrogens with one attached hydrogen (secondary N) is 1. The molecule has 2 N–H and O–H groups in total. The fourth-order valence-electron chi connectivity index (χ4n) is 1.90. The van der Waals surface area contributed by atoms with Gasteiger partial charge in [-0.25, -0.2) is 0 Å². The van der Waals surface area contributed by atoms with E-state index >= 15 is 0 Å². The summed E-state index contributed by atoms with van der Waals surface area (Å²) in [5.74, 6) is -1.47. The van der Waals surface area contributed by atoms with Crippen LogP contribution in [0.2, 0.25) is 0 Å². The Morgan fingerprint density at radius 3 is 2.61 bits per heavy atom. The van der Waals surface area contributed by atoms with Crippen molar-refractivity contribution in [3.05, 3.63) is 32.9 Å². The minimum atomic E-state index is -3.06. The fourth-order valence-corrected chi connectivity index (χ4v) is 3.19. The van der Waals surface area contributed by atoms with E-state index in [1.54, 1.807) is 6.07 Å². The van der Waals surface area contributed by atoms with Crippen molar-refractivity contribution in [2.24, 2.45) is 0 Å². The van der Waals surface area contributed by atoms with Crippen molar-refractivity contribution in [1.29, 1.82) is 0 Å². The van der Waals surface area contributed by atoms with E-state index in [4.69, 9.17) is 5.11 Å². The SMILES string of the molecule is O=C1C=C(Nc2c(Br)cc(Br)cc2OC(F)F)C(=O)N1CCO. The number of hydrogen-bond acceptors (Lipinski definition) is 5. The lowest BCUT2D eigenvalue weighted by atomic mass is 10.2. The van der Waals surface area contributed by atoms with Gasteiger partial charge in [-0.15, -0.1) is 0 Å². The van der Waals surface area contributed by atoms with Gasteiger partial charge in [0.1, 0.15) is 5.70 Å². The predicted molar refractivity (Wildman–Crippen MR) is 84.0 cm³/mol. The summed E-state index contributed by atoms with van der Waals surface area (Å²) in [6, 6.07) is 2.86. The molecule has 1 aliphatic heterocycles. The van der Waals surface area contributed by atoms with Crippen LogP contribution in [0.3, 0.4) is 0 Å². The molecule has 0 atom stereocenters. The molecule has 0 saturated carbocycles. The first-order chi connectivity index (χ1) is 10.8. The molecule has 1 aromatic rings. The number of aliphatic hydroxyl groups is 1. The number of carbonyl (C=O) groups excluding carboxylic acids is 2. The van der Waals surface area contributed by atoms with E-state index in [0.717, 1.165) is 11.0 Å². The second-order valence-electron chi connectivity index (χ2n) is 4.34. The normalized spacial score (nSPS) is 14.5. The van der Waals surface area contributed by atoms with Crippen molar-refractivity contribution in [1.82, 2.24) is 4.90 Å². The number of anilines is 1. The molecular formula is C13H10Br2F2N2O4. The Balaban J connectivity index is 2.32. The summed E-state index contributed by atoms with van der Waals surface area (Å²) in [5.41, 5.74) is -0.0302. The Hall–Kier alpha value is -1.52. The van der Waals surface area contributed by atoms with Gasteiger partial charge in [0.25, 0.3) is 11.8 Å². The molecule has 0 saturated heterocycles. The molecule has 0 spiro atoms. The highest BCUT2D eigenvalue weighted by atomic mass is 79.9. The smallest absolute Gasteiger partial charge is 0.387 e. The van der Waals surface area contributed by atoms with Crippen molar-refractivity contribution < 1.29 is 28.2 Å². The van der Waals surface area contributed by atoms with E-state index < -0.39 is 18.4 Å². The van der Waals surface area contributed by atoms with Crippen LogP contribution in [0, 0.1) is 0 Å². The van der Waals surface area contributed by atoms with E-state index in [-0.39, 0.29) is 30.3 Å². The zero-order valence-electron chi connectivity index (χ0n) is 11.4. The van der Waals surface area contributed by atoms with Crippen molar-refractivity contribution in [3.8, 4) is 5.75 Å². The number of hydrogen-bond donors (Lipinski definition) is 2. The van der Waals surface area contributed by atoms with Gasteiger partial charge in [-0.05, 0) is 28.1 Å². The third kappa shape index (κ3) is 4.06. The number of carbonyl (C=O) groups is 2. The van der Waals surface area contributed by atoms with Gasteiger partial charge in [0, 0.05) is 15.0 Å². The van der Waals surface area contributed by atoms with Crippen molar-refractivity contribution in [2.75, 3.05) is 18.5 Å². The lowest BCUT2D eigenvalue weighted by Crippen LogP contribution is -2.34. The maximum absolute atomic E-state index is 12.5. The van der Waals surface area contributed by atoms with E-state index in [0.29, 0.717) is 8.95 Å². The summed E-state index contributed by atoms with van der Waals surface area (Å²) in [6.45, 7) is -3.58. The van der Waals surface area contributed by atoms with Crippen LogP contribution in [-0.4, -0.2) is 41.6 Å². The highest BCUT2D eigenvalue weighted by molar-refractivity contribution is 9.11. The maximum atomic E-state index is 12.5. The molecule has 1 aromatic carbocycles. The molecule has 0 bridgehead atoms. The molecule has 0 fully saturated rings. The maximum Gasteiger partial charge on any atom is 0.387 e. The Morgan fingerprint density at radius 1 is 1.30 bits per heavy atom. The first kappa shape index (κ1) is 17.8. The van der Waals surface area contributed by atoms with Crippen LogP contribution >= 0.6 is 31.9 Å². The zero-order valence-corrected chi connectivity index (χ0v) is 14.5. The number of amides is 2. The monoisotopic (exact) mass is 454 g/mol. The average molecular weight is 456 g/mol. The van der Waals surface area contributed by atoms with Gasteiger partial charge in [-0.3, -0.25) is 14.5 Å². The summed E-state index contributed by atoms with van der Waals surface area (Å²) >= 11 is 6.33. The number of benzene rings is 1. The Morgan fingerprint density at radius 2 is 2.00 bits per heavy atom. The Labute approximate surface area is 146 Å². The van der Waals surface area contributed by atoms with E-state index in [1.165, 1.54) is 6.07 Å². The molecule has 124 valence electrons. The third-order valence-electron chi connectivity index (χ3n) is 2.83. The number of aliphatic hydroxyl groups excluding tert-OH is 1. The molecule has 1 heterocycles. The average Bonchev–Trinajstić information content (AvgIpc) is 2.70. The van der Waals surface area contributed by atoms with Crippen molar-refractivity contribution in [2.45, 2.75) is 6.61 Å². The van der Waals surface area contributed by atoms with Gasteiger partial charge in [-0.1, -0.05) is 15.9 Å². The van der Waals surface area contributed by atoms with Crippen LogP contribution in [0.15, 0.2) is 32.9 Å². The molecule has 2 amide bonds. The van der Waals surface area contributed by atoms with Gasteiger partial charge in [0.05, 0.1) is 18.8 Å². The van der Waals surface area contributed by atoms with Crippen LogP contribution in [-0.2, 0) is 9.59 Å². The lowest BCUT2D eigenvalue weighted by molar-refractivity contribution is -0.137. The second kappa shape index (κ2) is 7.37. The van der Waals surface area contributed by atoms with Crippen molar-refractivity contribution in [3.63, 3.8) is 0 Å². The molecule has 0 aromatic heterocycles. The fraction of sp³-hybridized carbons (Fsp3) is 0.231. The molecule has 0 unspecified atom stereocenters. The number of rotatable bonds is 6. The molecule has 2 rings (SSSR count). The predicted octanol–water partition coefficient (Wildman–Crippen LogP) is 2.47. The van der Waals surface area contributed by atoms with E-state index in [1.807, 2.05) is 0 Å². The summed E-state index contributed by atoms with van der Waals surface area (Å²) < 4.78 is 30.3. The molecule has 0 aliphatic carbocycles. The van der Waals surface area contributed by atoms with Crippen molar-refractivity contribution >= 4 is 49.4 Å². The Kier molecular flexibility index (Phi) is 5.71. The molecule has 23 heavy (non-hydrogen) atoms. The third-order valence-corrected chi connectivity index (χ3v) is 3.91. The van der Waals surface area contributed by atoms with Gasteiger partial charge >= 0.3 is 6.61 Å². The second-order valence-corrected chi connectivity index (χ2v) is 6.11. The summed E-state index contributed by atoms with van der Waals surface area (Å²) in [4.78, 5) is 24.6. The van der Waals surface area contributed by atoms with E-state index in [2.05, 4.69) is 41.9 Å². The molecular weight excluding hydrogens is 446 g/mol. The van der Waals surface area contributed by atoms with Crippen LogP contribution in [0.25, 0.3) is 0 Å². The zero-order chi connectivity index (χ0) is 17.1. The Bertz CT molecular complexity index is 682. The standard InChI is InChI=1S/C13H10Br2F2N2O4/c14-6-3-7(15)11(9(4-6)23-13(16)17)18-8-5-10(21)19(1-2-20)12(8)22/h3-5,13,18,20H,1-2H2. The summed E-state index contributed by atoms with van der Waals surface area (Å²) in [6.07, 6.45) is 1.03. The highest BCUT2D eigenvalue weighted by Gasteiger charge is 2.31. The van der Waals surface area contributed by atoms with Crippen LogP contribution in [0.1, 0.15) is 0 Å². The number of ether oxygens (including phenoxy) is 1. The number of imide groups is 1. The molecule has 0 radical (unpaired) electrons. The first-order valence-electron chi connectivity index (χ1n) is 6.22. The quantitative estimate of drug-likeness (QED) is 0.644. The van der Waals surface area contributed by atoms with Crippen LogP contribution in [0.5, 0.6) is 5.75 Å². The molecule has 6 nitrogen and oxygen atoms in total. The topological polar surface area (TPSA) is 78.9 Å². The summed E-state index contributed by atoms with van der Waals surface area (Å²) in [5, 5.41) is 11.5. The lowest BCUT2D eigenvalue weighted by Gasteiger charge is -2.16. The first-order valence-corrected chi connectivity index (χ1v) is 7.81. The summed E-state index contributed by atoms with van der Waals surface area (Å²) in [7, 11) is 0. The van der Waals surface area contributed by atoms with Gasteiger partial charge < -0.3 is 15.2 Å². The van der Waals surface area contributed by atoms with Gasteiger partial charge in [0.15, 0.2) is 5.75 Å². The molecule has 10 heteroatoms. The minimum absolute atomic E-state index is 0.0757. The van der Waals surface area contributed by atoms with Gasteiger partial charge in [-0.2, -0.15) is 8.78 Å². The van der Waals surface area contributed by atoms with Crippen LogP contribution in [0.4, 0.5) is 14.5 Å². The highest BCUT2D eigenvalue weighted by Crippen LogP contribution is 2.38. The minimum Gasteiger partial charge on any atom is -0.433 e. The number of β-amino-alcohol motifs (C(OH)–C–C–N with tert-alkyl or cyclic N) is 1. The van der Waals surface area contributed by atoms with Crippen LogP contribution < -0.4 is 10.1 Å². The largest absolute Gasteiger partial charge is 0.433 e.